The van der Waals surface area contributed by atoms with Crippen molar-refractivity contribution >= 4 is 0 Å². The molecule has 0 aromatic heterocycles. The minimum absolute atomic E-state index is 0. The van der Waals surface area contributed by atoms with Crippen molar-refractivity contribution in [1.82, 2.24) is 0 Å². The highest BCUT2D eigenvalue weighted by Gasteiger charge is 2.25. The molecule has 0 heterocycles. The van der Waals surface area contributed by atoms with Crippen molar-refractivity contribution in [2.24, 2.45) is 0 Å². The molecule has 0 spiro atoms. The van der Waals surface area contributed by atoms with Crippen molar-refractivity contribution in [3.05, 3.63) is 0 Å². The molecule has 0 aliphatic heterocycles. The zero-order valence-electron chi connectivity index (χ0n) is 14.2. The maximum absolute atomic E-state index is 9.18. The Hall–Kier alpha value is 0.400. The third kappa shape index (κ3) is 11.1. The van der Waals surface area contributed by atoms with E-state index >= 15 is 0 Å². The number of aliphatic hydroxyl groups excluding tert-OH is 1. The molecule has 0 bridgehead atoms. The number of hydrogen-bond acceptors (Lipinski definition) is 1. The summed E-state index contributed by atoms with van der Waals surface area (Å²) in [4.78, 5) is 0. The molecule has 0 aromatic carbocycles. The second-order valence-electron chi connectivity index (χ2n) is 6.08. The van der Waals surface area contributed by atoms with Crippen molar-refractivity contribution in [2.45, 2.75) is 78.6 Å². The van der Waals surface area contributed by atoms with Crippen molar-refractivity contribution in [1.29, 1.82) is 0 Å². The summed E-state index contributed by atoms with van der Waals surface area (Å²) in [6.45, 7) is 12.4. The molecule has 0 atom stereocenters. The van der Waals surface area contributed by atoms with Crippen LogP contribution < -0.4 is 17.0 Å². The molecule has 1 N–H and O–H groups in total. The summed E-state index contributed by atoms with van der Waals surface area (Å²) in [5, 5.41) is 9.18. The van der Waals surface area contributed by atoms with Gasteiger partial charge in [-0.3, -0.25) is 0 Å². The third-order valence-electron chi connectivity index (χ3n) is 4.25. The Morgan fingerprint density at radius 1 is 0.600 bits per heavy atom. The first kappa shape index (κ1) is 22.7. The molecule has 0 fully saturated rings. The molecule has 2 nitrogen and oxygen atoms in total. The van der Waals surface area contributed by atoms with Gasteiger partial charge in [0.2, 0.25) is 0 Å². The van der Waals surface area contributed by atoms with Crippen LogP contribution in [0.5, 0.6) is 0 Å². The summed E-state index contributed by atoms with van der Waals surface area (Å²) in [5.74, 6) is 0. The van der Waals surface area contributed by atoms with Gasteiger partial charge >= 0.3 is 0 Å². The van der Waals surface area contributed by atoms with Crippen LogP contribution in [0.25, 0.3) is 0 Å². The maximum Gasteiger partial charge on any atom is 0.0808 e. The molecular formula is C17H38BrNO. The molecular weight excluding hydrogens is 314 g/mol. The summed E-state index contributed by atoms with van der Waals surface area (Å²) in [6.07, 6.45) is 11.7. The Balaban J connectivity index is 0. The lowest BCUT2D eigenvalue weighted by molar-refractivity contribution is -0.929. The molecule has 0 aliphatic rings. The summed E-state index contributed by atoms with van der Waals surface area (Å²) >= 11 is 0. The third-order valence-corrected chi connectivity index (χ3v) is 4.25. The Morgan fingerprint density at radius 3 is 1.50 bits per heavy atom. The van der Waals surface area contributed by atoms with Crippen molar-refractivity contribution in [2.75, 3.05) is 32.8 Å². The average molecular weight is 352 g/mol. The number of hydrogen-bond donors (Lipinski definition) is 1. The predicted octanol–water partition coefficient (Wildman–Crippen LogP) is 1.37. The predicted molar refractivity (Wildman–Crippen MR) is 85.4 cm³/mol. The van der Waals surface area contributed by atoms with E-state index in [-0.39, 0.29) is 17.0 Å². The van der Waals surface area contributed by atoms with Crippen molar-refractivity contribution in [3.8, 4) is 0 Å². The first-order valence-electron chi connectivity index (χ1n) is 8.70. The lowest BCUT2D eigenvalue weighted by Gasteiger charge is -2.39. The van der Waals surface area contributed by atoms with Crippen LogP contribution in [0.2, 0.25) is 0 Å². The largest absolute Gasteiger partial charge is 1.00 e. The van der Waals surface area contributed by atoms with Crippen LogP contribution >= 0.6 is 0 Å². The van der Waals surface area contributed by atoms with Gasteiger partial charge in [-0.05, 0) is 25.7 Å². The van der Waals surface area contributed by atoms with Crippen LogP contribution in [-0.4, -0.2) is 42.4 Å². The van der Waals surface area contributed by atoms with Crippen LogP contribution in [0, 0.1) is 0 Å². The molecule has 0 radical (unpaired) electrons. The molecule has 3 heteroatoms. The highest BCUT2D eigenvalue weighted by molar-refractivity contribution is 4.50. The fourth-order valence-electron chi connectivity index (χ4n) is 2.94. The fraction of sp³-hybridized carbons (Fsp3) is 1.00. The zero-order valence-corrected chi connectivity index (χ0v) is 15.8. The molecule has 0 rings (SSSR count). The lowest BCUT2D eigenvalue weighted by Crippen LogP contribution is -3.00. The van der Waals surface area contributed by atoms with E-state index in [9.17, 15) is 5.11 Å². The summed E-state index contributed by atoms with van der Waals surface area (Å²) in [5.41, 5.74) is 0. The van der Waals surface area contributed by atoms with Crippen LogP contribution in [0.15, 0.2) is 0 Å². The Morgan fingerprint density at radius 2 is 1.05 bits per heavy atom. The lowest BCUT2D eigenvalue weighted by atomic mass is 10.1. The van der Waals surface area contributed by atoms with E-state index in [2.05, 4.69) is 20.8 Å². The minimum Gasteiger partial charge on any atom is -1.00 e. The molecule has 0 aromatic rings. The summed E-state index contributed by atoms with van der Waals surface area (Å²) in [7, 11) is 0. The van der Waals surface area contributed by atoms with Gasteiger partial charge in [-0.1, -0.05) is 46.5 Å². The first-order valence-corrected chi connectivity index (χ1v) is 8.70. The van der Waals surface area contributed by atoms with Gasteiger partial charge in [-0.2, -0.15) is 0 Å². The fourth-order valence-corrected chi connectivity index (χ4v) is 2.94. The monoisotopic (exact) mass is 351 g/mol. The molecule has 0 amide bonds. The quantitative estimate of drug-likeness (QED) is 0.370. The van der Waals surface area contributed by atoms with Gasteiger partial charge in [0.1, 0.15) is 0 Å². The number of halogens is 1. The summed E-state index contributed by atoms with van der Waals surface area (Å²) < 4.78 is 1.27. The maximum atomic E-state index is 9.18. The van der Waals surface area contributed by atoms with E-state index in [4.69, 9.17) is 0 Å². The number of nitrogens with zero attached hydrogens (tertiary/aromatic N) is 1. The van der Waals surface area contributed by atoms with Gasteiger partial charge in [-0.25, -0.2) is 0 Å². The van der Waals surface area contributed by atoms with Crippen molar-refractivity contribution < 1.29 is 26.6 Å². The topological polar surface area (TPSA) is 20.2 Å². The second kappa shape index (κ2) is 15.8. The van der Waals surface area contributed by atoms with Gasteiger partial charge < -0.3 is 26.6 Å². The molecule has 0 aliphatic carbocycles. The van der Waals surface area contributed by atoms with E-state index < -0.39 is 0 Å². The average Bonchev–Trinajstić information content (AvgIpc) is 2.44. The standard InChI is InChI=1S/C17H38NO.BrH/c1-4-7-10-11-15-18(13-8-5-2,14-9-6-3)16-12-17-19;/h19H,4-17H2,1-3H3;1H/q+1;/p-1. The smallest absolute Gasteiger partial charge is 0.0808 e. The van der Waals surface area contributed by atoms with E-state index in [0.29, 0.717) is 6.61 Å². The molecule has 124 valence electrons. The highest BCUT2D eigenvalue weighted by atomic mass is 79.9. The van der Waals surface area contributed by atoms with Gasteiger partial charge in [0, 0.05) is 13.0 Å². The van der Waals surface area contributed by atoms with Crippen LogP contribution in [0.4, 0.5) is 0 Å². The summed E-state index contributed by atoms with van der Waals surface area (Å²) in [6, 6.07) is 0. The number of quaternary nitrogens is 1. The van der Waals surface area contributed by atoms with Gasteiger partial charge in [0.25, 0.3) is 0 Å². The molecule has 0 unspecified atom stereocenters. The number of unbranched alkanes of at least 4 members (excludes halogenated alkanes) is 5. The van der Waals surface area contributed by atoms with Crippen LogP contribution in [-0.2, 0) is 0 Å². The normalized spacial score (nSPS) is 11.4. The SMILES string of the molecule is CCCCCC[N+](CCCC)(CCCC)CCCO.[Br-]. The second-order valence-corrected chi connectivity index (χ2v) is 6.08. The van der Waals surface area contributed by atoms with Crippen molar-refractivity contribution in [3.63, 3.8) is 0 Å². The van der Waals surface area contributed by atoms with E-state index in [1.54, 1.807) is 0 Å². The Bertz CT molecular complexity index is 166. The van der Waals surface area contributed by atoms with Crippen LogP contribution in [0.3, 0.4) is 0 Å². The highest BCUT2D eigenvalue weighted by Crippen LogP contribution is 2.16. The van der Waals surface area contributed by atoms with Gasteiger partial charge in [0.05, 0.1) is 26.2 Å². The minimum atomic E-state index is 0. The van der Waals surface area contributed by atoms with E-state index in [1.807, 2.05) is 0 Å². The van der Waals surface area contributed by atoms with Crippen LogP contribution in [0.1, 0.15) is 78.6 Å². The number of aliphatic hydroxyl groups is 1. The Kier molecular flexibility index (Phi) is 17.9. The first-order chi connectivity index (χ1) is 9.24. The molecule has 20 heavy (non-hydrogen) atoms. The van der Waals surface area contributed by atoms with E-state index in [1.165, 1.54) is 82.0 Å². The zero-order chi connectivity index (χ0) is 14.4. The van der Waals surface area contributed by atoms with Gasteiger partial charge in [0.15, 0.2) is 0 Å². The number of rotatable bonds is 14. The Labute approximate surface area is 138 Å². The molecule has 0 saturated carbocycles. The molecule has 0 saturated heterocycles. The van der Waals surface area contributed by atoms with Gasteiger partial charge in [-0.15, -0.1) is 0 Å². The van der Waals surface area contributed by atoms with E-state index in [0.717, 1.165) is 6.42 Å².